The molecule has 7 rings (SSSR count). The Morgan fingerprint density at radius 1 is 0.463 bits per heavy atom. The molecule has 3 aliphatic heterocycles. The molecule has 0 spiro atoms. The van der Waals surface area contributed by atoms with Crippen LogP contribution in [0.5, 0.6) is 5.75 Å². The summed E-state index contributed by atoms with van der Waals surface area (Å²) >= 11 is 2.24. The molecule has 3 aliphatic rings. The van der Waals surface area contributed by atoms with Crippen molar-refractivity contribution in [2.45, 2.75) is 147 Å². The van der Waals surface area contributed by atoms with Crippen molar-refractivity contribution in [2.75, 3.05) is 14.2 Å². The lowest BCUT2D eigenvalue weighted by Gasteiger charge is -2.51. The van der Waals surface area contributed by atoms with Crippen LogP contribution in [0.1, 0.15) is 51.3 Å². The Bertz CT molecular complexity index is 2120. The van der Waals surface area contributed by atoms with Gasteiger partial charge in [0.1, 0.15) is 48.5 Å². The molecule has 0 bridgehead atoms. The van der Waals surface area contributed by atoms with Crippen molar-refractivity contribution in [2.24, 2.45) is 0 Å². The fraction of sp³-hybridized carbons (Fsp3) is 0.490. The quantitative estimate of drug-likeness (QED) is 0.0680. The number of esters is 2. The Kier molecular flexibility index (Phi) is 18.6. The average molecular weight is 1040 g/mol. The van der Waals surface area contributed by atoms with Crippen molar-refractivity contribution in [3.8, 4) is 5.75 Å². The van der Waals surface area contributed by atoms with Crippen molar-refractivity contribution in [3.05, 3.63) is 136 Å². The summed E-state index contributed by atoms with van der Waals surface area (Å²) in [7, 11) is 3.01. The second-order valence-corrected chi connectivity index (χ2v) is 18.0. The second kappa shape index (κ2) is 24.5. The van der Waals surface area contributed by atoms with Gasteiger partial charge in [-0.05, 0) is 84.3 Å². The van der Waals surface area contributed by atoms with Gasteiger partial charge in [0.15, 0.2) is 24.8 Å². The lowest BCUT2D eigenvalue weighted by Crippen LogP contribution is -2.67. The number of rotatable bonds is 19. The van der Waals surface area contributed by atoms with Gasteiger partial charge in [-0.2, -0.15) is 0 Å². The van der Waals surface area contributed by atoms with E-state index in [1.165, 1.54) is 21.0 Å². The van der Waals surface area contributed by atoms with E-state index in [2.05, 4.69) is 22.6 Å². The molecule has 3 saturated heterocycles. The summed E-state index contributed by atoms with van der Waals surface area (Å²) in [6.07, 6.45) is -13.8. The molecule has 0 radical (unpaired) electrons. The molecular formula is C51H61IO15. The number of ether oxygens (including phenoxy) is 13. The minimum atomic E-state index is -1.21. The highest BCUT2D eigenvalue weighted by molar-refractivity contribution is 14.1. The monoisotopic (exact) mass is 1040 g/mol. The van der Waals surface area contributed by atoms with Gasteiger partial charge >= 0.3 is 11.9 Å². The Labute approximate surface area is 405 Å². The predicted octanol–water partition coefficient (Wildman–Crippen LogP) is 7.32. The van der Waals surface area contributed by atoms with Crippen LogP contribution in [-0.4, -0.2) is 118 Å². The number of carbonyl (C=O) groups excluding carboxylic acids is 2. The summed E-state index contributed by atoms with van der Waals surface area (Å²) in [5, 5.41) is 0. The summed E-state index contributed by atoms with van der Waals surface area (Å²) in [4.78, 5) is 24.9. The maximum absolute atomic E-state index is 12.6. The molecule has 15 atom stereocenters. The Balaban J connectivity index is 1.28. The molecule has 0 aromatic heterocycles. The average Bonchev–Trinajstić information content (AvgIpc) is 3.31. The van der Waals surface area contributed by atoms with Crippen molar-refractivity contribution < 1.29 is 71.2 Å². The fourth-order valence-electron chi connectivity index (χ4n) is 8.61. The second-order valence-electron chi connectivity index (χ2n) is 16.7. The van der Waals surface area contributed by atoms with E-state index in [1.807, 2.05) is 129 Å². The zero-order chi connectivity index (χ0) is 47.5. The normalized spacial score (nSPS) is 32.0. The molecule has 67 heavy (non-hydrogen) atoms. The maximum atomic E-state index is 12.6. The van der Waals surface area contributed by atoms with Gasteiger partial charge in [-0.25, -0.2) is 0 Å². The number of halogens is 1. The molecule has 0 saturated carbocycles. The van der Waals surface area contributed by atoms with Crippen LogP contribution in [0, 0.1) is 3.57 Å². The maximum Gasteiger partial charge on any atom is 0.303 e. The highest BCUT2D eigenvalue weighted by Gasteiger charge is 2.56. The first-order chi connectivity index (χ1) is 32.4. The molecule has 0 amide bonds. The van der Waals surface area contributed by atoms with Crippen molar-refractivity contribution >= 4 is 34.5 Å². The third-order valence-electron chi connectivity index (χ3n) is 11.8. The van der Waals surface area contributed by atoms with Crippen LogP contribution in [0.3, 0.4) is 0 Å². The number of carbonyl (C=O) groups is 2. The first kappa shape index (κ1) is 50.8. The number of hydrogen-bond acceptors (Lipinski definition) is 15. The van der Waals surface area contributed by atoms with Crippen LogP contribution in [0.2, 0.25) is 0 Å². The van der Waals surface area contributed by atoms with Crippen LogP contribution < -0.4 is 4.74 Å². The molecule has 362 valence electrons. The van der Waals surface area contributed by atoms with Gasteiger partial charge in [-0.1, -0.05) is 91.0 Å². The molecule has 16 heteroatoms. The molecule has 3 heterocycles. The summed E-state index contributed by atoms with van der Waals surface area (Å²) < 4.78 is 85.8. The predicted molar refractivity (Wildman–Crippen MR) is 250 cm³/mol. The summed E-state index contributed by atoms with van der Waals surface area (Å²) in [5.74, 6) is -0.606. The van der Waals surface area contributed by atoms with Gasteiger partial charge in [-0.3, -0.25) is 9.59 Å². The van der Waals surface area contributed by atoms with Crippen molar-refractivity contribution in [3.63, 3.8) is 0 Å². The minimum absolute atomic E-state index is 0.124. The van der Waals surface area contributed by atoms with Gasteiger partial charge in [0.2, 0.25) is 6.29 Å². The van der Waals surface area contributed by atoms with Crippen LogP contribution in [-0.2, 0) is 86.3 Å². The van der Waals surface area contributed by atoms with Crippen molar-refractivity contribution in [1.29, 1.82) is 0 Å². The molecule has 3 fully saturated rings. The van der Waals surface area contributed by atoms with E-state index in [0.29, 0.717) is 5.75 Å². The number of hydrogen-bond donors (Lipinski definition) is 0. The Hall–Kier alpha value is -4.05. The molecule has 0 N–H and O–H groups in total. The molecule has 4 aromatic carbocycles. The third-order valence-corrected chi connectivity index (χ3v) is 12.6. The molecule has 15 nitrogen and oxygen atoms in total. The van der Waals surface area contributed by atoms with Gasteiger partial charge in [-0.15, -0.1) is 0 Å². The van der Waals surface area contributed by atoms with E-state index in [-0.39, 0.29) is 19.8 Å². The van der Waals surface area contributed by atoms with E-state index < -0.39 is 104 Å². The van der Waals surface area contributed by atoms with Crippen LogP contribution in [0.25, 0.3) is 0 Å². The zero-order valence-electron chi connectivity index (χ0n) is 38.8. The Morgan fingerprint density at radius 3 is 1.28 bits per heavy atom. The van der Waals surface area contributed by atoms with Crippen LogP contribution >= 0.6 is 22.6 Å². The zero-order valence-corrected chi connectivity index (χ0v) is 40.9. The molecule has 4 aromatic rings. The van der Waals surface area contributed by atoms with Crippen LogP contribution in [0.15, 0.2) is 115 Å². The highest BCUT2D eigenvalue weighted by Crippen LogP contribution is 2.38. The van der Waals surface area contributed by atoms with Gasteiger partial charge in [0, 0.05) is 31.6 Å². The minimum Gasteiger partial charge on any atom is -0.462 e. The van der Waals surface area contributed by atoms with Crippen molar-refractivity contribution in [1.82, 2.24) is 0 Å². The van der Waals surface area contributed by atoms with Crippen LogP contribution in [0.4, 0.5) is 0 Å². The third kappa shape index (κ3) is 13.4. The largest absolute Gasteiger partial charge is 0.462 e. The molecular weight excluding hydrogens is 979 g/mol. The first-order valence-corrected chi connectivity index (χ1v) is 23.6. The standard InChI is InChI=1S/C51H61IO15/c1-30-40(57-27-35-17-11-8-12-18-35)43(46(55-6)49(60-30)65-39-25-23-38(52)24-26-39)66-51-48(59-29-37-21-15-10-16-22-37)44(41(31(2)61-51)58-28-36-19-13-9-14-20-36)67-50-47(56-7)45(64-34(5)54)42(32(3)62-50)63-33(4)53/h8-26,30-32,40-51H,27-29H2,1-7H3/t30-,31-,32-,40-,41-,42+,43+,44+,45+,46+,47-,48+,49-,50-,51-/m0/s1. The lowest BCUT2D eigenvalue weighted by atomic mass is 9.95. The summed E-state index contributed by atoms with van der Waals surface area (Å²) in [6.45, 7) is 8.61. The van der Waals surface area contributed by atoms with E-state index >= 15 is 0 Å². The summed E-state index contributed by atoms with van der Waals surface area (Å²) in [5.41, 5.74) is 2.75. The lowest BCUT2D eigenvalue weighted by molar-refractivity contribution is -0.384. The SMILES string of the molecule is CO[C@@H]1[C@H](O[C@@H]2[C@@H](OCc3ccccc3)[C@H](C)O[C@@H](O[C@@H]3[C@@H](OCc4ccccc4)[C@H](C)O[C@@H](Oc4ccc(I)cc4)[C@@H]3OC)[C@@H]2OCc2ccccc2)O[C@@H](C)[C@@H](OC(C)=O)[C@H]1OC(C)=O. The number of benzene rings is 4. The van der Waals surface area contributed by atoms with E-state index in [0.717, 1.165) is 20.3 Å². The first-order valence-electron chi connectivity index (χ1n) is 22.5. The molecule has 0 unspecified atom stereocenters. The fourth-order valence-corrected chi connectivity index (χ4v) is 8.97. The summed E-state index contributed by atoms with van der Waals surface area (Å²) in [6, 6.07) is 36.9. The van der Waals surface area contributed by atoms with E-state index in [4.69, 9.17) is 61.6 Å². The molecule has 0 aliphatic carbocycles. The van der Waals surface area contributed by atoms with Gasteiger partial charge < -0.3 is 61.6 Å². The Morgan fingerprint density at radius 2 is 0.836 bits per heavy atom. The van der Waals surface area contributed by atoms with Gasteiger partial charge in [0.05, 0.1) is 38.1 Å². The number of methoxy groups -OCH3 is 2. The smallest absolute Gasteiger partial charge is 0.303 e. The van der Waals surface area contributed by atoms with Gasteiger partial charge in [0.25, 0.3) is 0 Å². The van der Waals surface area contributed by atoms with E-state index in [9.17, 15) is 9.59 Å². The van der Waals surface area contributed by atoms with E-state index in [1.54, 1.807) is 14.0 Å². The highest BCUT2D eigenvalue weighted by atomic mass is 127. The topological polar surface area (TPSA) is 154 Å².